The van der Waals surface area contributed by atoms with Crippen molar-refractivity contribution in [3.63, 3.8) is 0 Å². The molecule has 0 aliphatic rings. The van der Waals surface area contributed by atoms with Gasteiger partial charge in [-0.1, -0.05) is 0 Å². The van der Waals surface area contributed by atoms with Crippen LogP contribution in [0, 0.1) is 5.82 Å². The smallest absolute Gasteiger partial charge is 0.450 e. The molecule has 0 spiro atoms. The maximum Gasteiger partial charge on any atom is 0.573 e. The summed E-state index contributed by atoms with van der Waals surface area (Å²) in [4.78, 5) is 0. The molecule has 4 aromatic rings. The molecule has 150 valence electrons. The normalized spacial score (nSPS) is 11.8. The molecule has 2 aromatic carbocycles. The highest BCUT2D eigenvalue weighted by Gasteiger charge is 2.31. The van der Waals surface area contributed by atoms with Gasteiger partial charge in [0.25, 0.3) is 0 Å². The van der Waals surface area contributed by atoms with Crippen molar-refractivity contribution in [2.75, 3.05) is 5.32 Å². The first-order chi connectivity index (χ1) is 13.8. The number of benzene rings is 2. The molecule has 2 aromatic heterocycles. The standard InChI is InChI=1S/C17H10BrF4N5O2/c18-11-6-10(1-2-13(11)29-17(20,21)22)23-7-8-3-9-5-14(16-24-26-27-25-16)28-15(9)12(19)4-8/h1-6,23H,7H2,(H,24,25,26,27). The Kier molecular flexibility index (Phi) is 4.86. The minimum absolute atomic E-state index is 0.0662. The molecule has 4 rings (SSSR count). The number of aromatic nitrogens is 4. The van der Waals surface area contributed by atoms with Gasteiger partial charge in [0, 0.05) is 17.6 Å². The molecular weight excluding hydrogens is 462 g/mol. The number of nitrogens with one attached hydrogen (secondary N) is 2. The summed E-state index contributed by atoms with van der Waals surface area (Å²) in [6.07, 6.45) is -4.78. The van der Waals surface area contributed by atoms with Gasteiger partial charge in [0.2, 0.25) is 5.82 Å². The lowest BCUT2D eigenvalue weighted by Gasteiger charge is -2.12. The van der Waals surface area contributed by atoms with E-state index in [0.29, 0.717) is 16.6 Å². The molecule has 7 nitrogen and oxygen atoms in total. The molecule has 2 heterocycles. The lowest BCUT2D eigenvalue weighted by atomic mass is 10.1. The zero-order valence-corrected chi connectivity index (χ0v) is 15.8. The Labute approximate surface area is 168 Å². The molecule has 0 atom stereocenters. The molecule has 0 bridgehead atoms. The lowest BCUT2D eigenvalue weighted by molar-refractivity contribution is -0.274. The van der Waals surface area contributed by atoms with Gasteiger partial charge in [-0.2, -0.15) is 0 Å². The number of tetrazole rings is 1. The minimum atomic E-state index is -4.78. The topological polar surface area (TPSA) is 88.9 Å². The second kappa shape index (κ2) is 7.35. The number of ether oxygens (including phenoxy) is 1. The largest absolute Gasteiger partial charge is 0.573 e. The number of halogens is 5. The summed E-state index contributed by atoms with van der Waals surface area (Å²) in [6, 6.07) is 8.66. The number of furan rings is 1. The average Bonchev–Trinajstić information content (AvgIpc) is 3.30. The third-order valence-corrected chi connectivity index (χ3v) is 4.48. The van der Waals surface area contributed by atoms with Crippen LogP contribution in [-0.2, 0) is 6.54 Å². The Balaban J connectivity index is 1.52. The summed E-state index contributed by atoms with van der Waals surface area (Å²) >= 11 is 3.04. The fourth-order valence-electron chi connectivity index (χ4n) is 2.67. The van der Waals surface area contributed by atoms with Gasteiger partial charge in [0.05, 0.1) is 4.47 Å². The fraction of sp³-hybridized carbons (Fsp3) is 0.118. The van der Waals surface area contributed by atoms with E-state index in [1.54, 1.807) is 12.1 Å². The quantitative estimate of drug-likeness (QED) is 0.397. The van der Waals surface area contributed by atoms with Gasteiger partial charge in [0.15, 0.2) is 17.2 Å². The van der Waals surface area contributed by atoms with Crippen molar-refractivity contribution in [2.45, 2.75) is 12.9 Å². The predicted octanol–water partition coefficient (Wildman–Crippen LogP) is 5.03. The van der Waals surface area contributed by atoms with Crippen molar-refractivity contribution in [2.24, 2.45) is 0 Å². The molecular formula is C17H10BrF4N5O2. The number of anilines is 1. The Morgan fingerprint density at radius 2 is 2.00 bits per heavy atom. The first kappa shape index (κ1) is 19.2. The van der Waals surface area contributed by atoms with Gasteiger partial charge >= 0.3 is 6.36 Å². The van der Waals surface area contributed by atoms with Crippen LogP contribution < -0.4 is 10.1 Å². The summed E-state index contributed by atoms with van der Waals surface area (Å²) < 4.78 is 60.9. The van der Waals surface area contributed by atoms with E-state index in [2.05, 4.69) is 46.6 Å². The van der Waals surface area contributed by atoms with E-state index < -0.39 is 12.2 Å². The highest BCUT2D eigenvalue weighted by Crippen LogP contribution is 2.33. The molecule has 2 N–H and O–H groups in total. The van der Waals surface area contributed by atoms with Crippen LogP contribution in [0.1, 0.15) is 5.56 Å². The van der Waals surface area contributed by atoms with Crippen LogP contribution in [0.2, 0.25) is 0 Å². The third-order valence-electron chi connectivity index (χ3n) is 3.86. The fourth-order valence-corrected chi connectivity index (χ4v) is 3.13. The number of H-pyrrole nitrogens is 1. The van der Waals surface area contributed by atoms with E-state index in [0.717, 1.165) is 0 Å². The number of rotatable bonds is 5. The van der Waals surface area contributed by atoms with E-state index in [1.165, 1.54) is 24.3 Å². The predicted molar refractivity (Wildman–Crippen MR) is 97.5 cm³/mol. The van der Waals surface area contributed by atoms with Gasteiger partial charge in [0.1, 0.15) is 5.75 Å². The van der Waals surface area contributed by atoms with Crippen molar-refractivity contribution in [1.29, 1.82) is 0 Å². The molecule has 0 saturated carbocycles. The van der Waals surface area contributed by atoms with E-state index in [-0.39, 0.29) is 33.9 Å². The number of hydrogen-bond acceptors (Lipinski definition) is 6. The van der Waals surface area contributed by atoms with E-state index in [9.17, 15) is 17.6 Å². The van der Waals surface area contributed by atoms with Crippen LogP contribution in [0.5, 0.6) is 5.75 Å². The zero-order chi connectivity index (χ0) is 20.6. The molecule has 0 fully saturated rings. The monoisotopic (exact) mass is 471 g/mol. The molecule has 0 saturated heterocycles. The van der Waals surface area contributed by atoms with Gasteiger partial charge in [-0.15, -0.1) is 18.3 Å². The van der Waals surface area contributed by atoms with Gasteiger partial charge in [-0.25, -0.2) is 9.49 Å². The summed E-state index contributed by atoms with van der Waals surface area (Å²) in [5, 5.41) is 16.7. The summed E-state index contributed by atoms with van der Waals surface area (Å²) in [5.41, 5.74) is 1.19. The van der Waals surface area contributed by atoms with Gasteiger partial charge in [-0.05, 0) is 68.3 Å². The summed E-state index contributed by atoms with van der Waals surface area (Å²) in [7, 11) is 0. The molecule has 0 unspecified atom stereocenters. The van der Waals surface area contributed by atoms with Gasteiger partial charge in [-0.3, -0.25) is 0 Å². The number of alkyl halides is 3. The Hall–Kier alpha value is -3.15. The van der Waals surface area contributed by atoms with Crippen LogP contribution >= 0.6 is 15.9 Å². The van der Waals surface area contributed by atoms with Crippen molar-refractivity contribution >= 4 is 32.6 Å². The highest BCUT2D eigenvalue weighted by molar-refractivity contribution is 9.10. The van der Waals surface area contributed by atoms with Crippen LogP contribution in [0.15, 0.2) is 45.3 Å². The number of hydrogen-bond donors (Lipinski definition) is 2. The number of aromatic amines is 1. The van der Waals surface area contributed by atoms with Crippen LogP contribution in [0.3, 0.4) is 0 Å². The van der Waals surface area contributed by atoms with Crippen molar-refractivity contribution in [3.8, 4) is 17.3 Å². The second-order valence-electron chi connectivity index (χ2n) is 5.90. The molecule has 0 aliphatic carbocycles. The average molecular weight is 472 g/mol. The maximum absolute atomic E-state index is 14.4. The van der Waals surface area contributed by atoms with Crippen molar-refractivity contribution < 1.29 is 26.7 Å². The van der Waals surface area contributed by atoms with E-state index in [4.69, 9.17) is 4.42 Å². The second-order valence-corrected chi connectivity index (χ2v) is 6.76. The summed E-state index contributed by atoms with van der Waals surface area (Å²) in [5.74, 6) is -0.360. The Morgan fingerprint density at radius 1 is 1.17 bits per heavy atom. The minimum Gasteiger partial charge on any atom is -0.450 e. The Bertz CT molecular complexity index is 1160. The summed E-state index contributed by atoms with van der Waals surface area (Å²) in [6.45, 7) is 0.225. The molecule has 12 heteroatoms. The Morgan fingerprint density at radius 3 is 2.69 bits per heavy atom. The zero-order valence-electron chi connectivity index (χ0n) is 14.2. The van der Waals surface area contributed by atoms with Crippen LogP contribution in [-0.4, -0.2) is 27.0 Å². The molecule has 0 amide bonds. The van der Waals surface area contributed by atoms with Crippen LogP contribution in [0.25, 0.3) is 22.6 Å². The number of fused-ring (bicyclic) bond motifs is 1. The third kappa shape index (κ3) is 4.31. The SMILES string of the molecule is Fc1cc(CNc2ccc(OC(F)(F)F)c(Br)c2)cc2cc(-c3nnn[nH]3)oc12. The maximum atomic E-state index is 14.4. The first-order valence-corrected chi connectivity index (χ1v) is 8.83. The van der Waals surface area contributed by atoms with Crippen molar-refractivity contribution in [3.05, 3.63) is 52.3 Å². The first-order valence-electron chi connectivity index (χ1n) is 8.04. The van der Waals surface area contributed by atoms with E-state index >= 15 is 0 Å². The number of nitrogens with zero attached hydrogens (tertiary/aromatic N) is 3. The highest BCUT2D eigenvalue weighted by atomic mass is 79.9. The van der Waals surface area contributed by atoms with Crippen molar-refractivity contribution in [1.82, 2.24) is 20.6 Å². The van der Waals surface area contributed by atoms with Gasteiger partial charge < -0.3 is 14.5 Å². The molecule has 29 heavy (non-hydrogen) atoms. The molecule has 0 radical (unpaired) electrons. The van der Waals surface area contributed by atoms with E-state index in [1.807, 2.05) is 0 Å². The van der Waals surface area contributed by atoms with Crippen LogP contribution in [0.4, 0.5) is 23.2 Å². The molecule has 0 aliphatic heterocycles. The lowest BCUT2D eigenvalue weighted by Crippen LogP contribution is -2.17.